The van der Waals surface area contributed by atoms with E-state index in [0.717, 1.165) is 11.1 Å². The number of ether oxygens (including phenoxy) is 4. The molecule has 2 aliphatic heterocycles. The van der Waals surface area contributed by atoms with Gasteiger partial charge >= 0.3 is 18.3 Å². The first kappa shape index (κ1) is 34.5. The van der Waals surface area contributed by atoms with E-state index in [1.807, 2.05) is 26.0 Å². The second-order valence-electron chi connectivity index (χ2n) is 13.7. The summed E-state index contributed by atoms with van der Waals surface area (Å²) in [6.45, 7) is 12.3. The van der Waals surface area contributed by atoms with Gasteiger partial charge in [0.1, 0.15) is 17.5 Å². The van der Waals surface area contributed by atoms with E-state index in [4.69, 9.17) is 14.2 Å². The summed E-state index contributed by atoms with van der Waals surface area (Å²) in [6.07, 6.45) is 1.21. The Balaban J connectivity index is 1.44. The number of halogens is 3. The van der Waals surface area contributed by atoms with E-state index >= 15 is 0 Å². The zero-order chi connectivity index (χ0) is 35.3. The molecule has 2 aromatic rings. The van der Waals surface area contributed by atoms with Gasteiger partial charge in [-0.2, -0.15) is 0 Å². The number of piperidine rings is 1. The average Bonchev–Trinajstić information content (AvgIpc) is 3.36. The third-order valence-electron chi connectivity index (χ3n) is 10.2. The second-order valence-corrected chi connectivity index (χ2v) is 13.7. The Morgan fingerprint density at radius 2 is 1.92 bits per heavy atom. The molecule has 0 unspecified atom stereocenters. The Bertz CT molecular complexity index is 1690. The highest BCUT2D eigenvalue weighted by atomic mass is 19.4. The van der Waals surface area contributed by atoms with Crippen LogP contribution in [0.2, 0.25) is 0 Å². The molecule has 1 amide bonds. The molecule has 4 aliphatic rings. The average molecular weight is 683 g/mol. The summed E-state index contributed by atoms with van der Waals surface area (Å²) in [6, 6.07) is 8.44. The van der Waals surface area contributed by atoms with E-state index in [-0.39, 0.29) is 29.4 Å². The fourth-order valence-corrected chi connectivity index (χ4v) is 8.83. The van der Waals surface area contributed by atoms with Crippen LogP contribution in [0, 0.1) is 5.92 Å². The number of hydrogen-bond acceptors (Lipinski definition) is 8. The van der Waals surface area contributed by atoms with Crippen molar-refractivity contribution in [2.24, 2.45) is 5.92 Å². The summed E-state index contributed by atoms with van der Waals surface area (Å²) in [7, 11) is 0. The number of hydrogen-bond donors (Lipinski definition) is 0. The fraction of sp³-hybridized carbons (Fsp3) is 0.486. The molecule has 9 nitrogen and oxygen atoms in total. The van der Waals surface area contributed by atoms with Crippen LogP contribution in [0.1, 0.15) is 63.6 Å². The lowest BCUT2D eigenvalue weighted by molar-refractivity contribution is -0.274. The Kier molecular flexibility index (Phi) is 9.06. The van der Waals surface area contributed by atoms with E-state index in [2.05, 4.69) is 16.2 Å². The van der Waals surface area contributed by atoms with Crippen molar-refractivity contribution in [1.82, 2.24) is 9.80 Å². The Hall–Kier alpha value is -4.32. The first-order chi connectivity index (χ1) is 23.2. The molecule has 1 spiro atoms. The molecule has 2 aliphatic carbocycles. The summed E-state index contributed by atoms with van der Waals surface area (Å²) >= 11 is 0. The molecule has 12 heteroatoms. The van der Waals surface area contributed by atoms with Crippen LogP contribution in [0.15, 0.2) is 55.1 Å². The largest absolute Gasteiger partial charge is 0.573 e. The SMILES string of the molecule is C=CCN1CC[C@]23c4c5ccc(OC(C)=O)c4O[C@H]2[C@H](N(CC(C)C)C(=O)C=Cc2cccc(OC(F)(F)F)c2)CC[C@@]3(OC(C)=O)[C@H]1C5. The van der Waals surface area contributed by atoms with Crippen molar-refractivity contribution >= 4 is 23.9 Å². The quantitative estimate of drug-likeness (QED) is 0.131. The molecule has 2 fully saturated rings. The maximum atomic E-state index is 14.2. The van der Waals surface area contributed by atoms with Crippen molar-refractivity contribution in [1.29, 1.82) is 0 Å². The highest BCUT2D eigenvalue weighted by Crippen LogP contribution is 2.67. The summed E-state index contributed by atoms with van der Waals surface area (Å²) in [5.41, 5.74) is 0.394. The molecule has 1 saturated carbocycles. The normalized spacial score (nSPS) is 26.9. The molecule has 2 bridgehead atoms. The number of carbonyl (C=O) groups is 3. The Morgan fingerprint density at radius 1 is 1.14 bits per heavy atom. The van der Waals surface area contributed by atoms with Gasteiger partial charge in [-0.3, -0.25) is 19.3 Å². The molecular weight excluding hydrogens is 641 g/mol. The maximum absolute atomic E-state index is 14.2. The Labute approximate surface area is 283 Å². The first-order valence-electron chi connectivity index (χ1n) is 16.6. The molecule has 2 aromatic carbocycles. The van der Waals surface area contributed by atoms with Gasteiger partial charge in [0.15, 0.2) is 11.5 Å². The molecule has 49 heavy (non-hydrogen) atoms. The molecule has 0 radical (unpaired) electrons. The van der Waals surface area contributed by atoms with E-state index in [0.29, 0.717) is 56.6 Å². The smallest absolute Gasteiger partial charge is 0.483 e. The lowest BCUT2D eigenvalue weighted by Crippen LogP contribution is -2.79. The predicted octanol–water partition coefficient (Wildman–Crippen LogP) is 5.99. The van der Waals surface area contributed by atoms with Gasteiger partial charge in [0.2, 0.25) is 5.91 Å². The lowest BCUT2D eigenvalue weighted by atomic mass is 9.48. The van der Waals surface area contributed by atoms with Gasteiger partial charge in [0.25, 0.3) is 0 Å². The highest BCUT2D eigenvalue weighted by Gasteiger charge is 2.75. The van der Waals surface area contributed by atoms with E-state index < -0.39 is 41.5 Å². The minimum Gasteiger partial charge on any atom is -0.483 e. The summed E-state index contributed by atoms with van der Waals surface area (Å²) in [5.74, 6) is -0.872. The lowest BCUT2D eigenvalue weighted by Gasteiger charge is -2.65. The van der Waals surface area contributed by atoms with Crippen LogP contribution in [0.5, 0.6) is 17.2 Å². The summed E-state index contributed by atoms with van der Waals surface area (Å²) < 4.78 is 61.7. The number of rotatable bonds is 10. The van der Waals surface area contributed by atoms with Crippen LogP contribution in [0.4, 0.5) is 13.2 Å². The van der Waals surface area contributed by atoms with Gasteiger partial charge in [-0.15, -0.1) is 19.8 Å². The van der Waals surface area contributed by atoms with Crippen molar-refractivity contribution in [3.8, 4) is 17.2 Å². The predicted molar refractivity (Wildman–Crippen MR) is 174 cm³/mol. The minimum atomic E-state index is -4.85. The topological polar surface area (TPSA) is 94.6 Å². The molecule has 5 atom stereocenters. The van der Waals surface area contributed by atoms with Crippen LogP contribution < -0.4 is 14.2 Å². The third kappa shape index (κ3) is 6.08. The van der Waals surface area contributed by atoms with Gasteiger partial charge in [0, 0.05) is 45.1 Å². The molecular formula is C37H41F3N2O7. The molecule has 0 N–H and O–H groups in total. The zero-order valence-corrected chi connectivity index (χ0v) is 28.0. The van der Waals surface area contributed by atoms with Crippen molar-refractivity contribution in [2.45, 2.75) is 88.9 Å². The van der Waals surface area contributed by atoms with Crippen molar-refractivity contribution in [2.75, 3.05) is 19.6 Å². The minimum absolute atomic E-state index is 0.0583. The van der Waals surface area contributed by atoms with E-state index in [1.165, 1.54) is 44.2 Å². The molecule has 6 rings (SSSR count). The van der Waals surface area contributed by atoms with Crippen molar-refractivity contribution < 1.29 is 46.5 Å². The number of carbonyl (C=O) groups excluding carboxylic acids is 3. The number of amides is 1. The number of likely N-dealkylation sites (tertiary alicyclic amines) is 1. The van der Waals surface area contributed by atoms with E-state index in [9.17, 15) is 27.6 Å². The summed E-state index contributed by atoms with van der Waals surface area (Å²) in [4.78, 5) is 43.4. The third-order valence-corrected chi connectivity index (χ3v) is 10.2. The standard InChI is InChI=1S/C37H41F3N2O7/c1-6-17-41-18-16-35-32-26-11-12-29(46-23(4)43)33(32)47-34(35)28(14-15-36(35,30(41)20-26)48-24(5)44)42(21-22(2)3)31(45)13-10-25-8-7-9-27(19-25)49-37(38,39)40/h6-13,19,22,28,30,34H,1,14-18,20-21H2,2-5H3/t28-,30-,34+,35+,36-/m1/s1. The number of nitrogens with zero attached hydrogens (tertiary/aromatic N) is 2. The van der Waals surface area contributed by atoms with Gasteiger partial charge in [-0.05, 0) is 67.0 Å². The fourth-order valence-electron chi connectivity index (χ4n) is 8.83. The van der Waals surface area contributed by atoms with Gasteiger partial charge in [0.05, 0.1) is 17.5 Å². The van der Waals surface area contributed by atoms with Crippen LogP contribution >= 0.6 is 0 Å². The van der Waals surface area contributed by atoms with Crippen LogP contribution in [-0.2, 0) is 31.0 Å². The van der Waals surface area contributed by atoms with Crippen LogP contribution in [-0.4, -0.2) is 77.4 Å². The molecule has 2 heterocycles. The Morgan fingerprint density at radius 3 is 2.59 bits per heavy atom. The van der Waals surface area contributed by atoms with Gasteiger partial charge in [-0.1, -0.05) is 38.1 Å². The number of esters is 2. The monoisotopic (exact) mass is 682 g/mol. The summed E-state index contributed by atoms with van der Waals surface area (Å²) in [5, 5.41) is 0. The van der Waals surface area contributed by atoms with Gasteiger partial charge < -0.3 is 23.8 Å². The maximum Gasteiger partial charge on any atom is 0.573 e. The van der Waals surface area contributed by atoms with Gasteiger partial charge in [-0.25, -0.2) is 0 Å². The molecule has 0 aromatic heterocycles. The van der Waals surface area contributed by atoms with Crippen LogP contribution in [0.25, 0.3) is 6.08 Å². The molecule has 1 saturated heterocycles. The molecule has 262 valence electrons. The zero-order valence-electron chi connectivity index (χ0n) is 28.0. The van der Waals surface area contributed by atoms with Crippen molar-refractivity contribution in [3.05, 3.63) is 71.8 Å². The van der Waals surface area contributed by atoms with Crippen molar-refractivity contribution in [3.63, 3.8) is 0 Å². The number of alkyl halides is 3. The van der Waals surface area contributed by atoms with Crippen LogP contribution in [0.3, 0.4) is 0 Å². The first-order valence-corrected chi connectivity index (χ1v) is 16.6. The number of benzene rings is 2. The van der Waals surface area contributed by atoms with E-state index in [1.54, 1.807) is 17.0 Å². The second kappa shape index (κ2) is 12.9. The highest BCUT2D eigenvalue weighted by molar-refractivity contribution is 5.92.